The van der Waals surface area contributed by atoms with Gasteiger partial charge in [0.1, 0.15) is 0 Å². The molecule has 0 amide bonds. The van der Waals surface area contributed by atoms with Crippen molar-refractivity contribution >= 4 is 28.7 Å². The van der Waals surface area contributed by atoms with Crippen LogP contribution in [0.2, 0.25) is 0 Å². The molecule has 1 saturated carbocycles. The number of fused-ring (bicyclic) bond motifs is 1. The fraction of sp³-hybridized carbons (Fsp3) is 0.500. The Labute approximate surface area is 123 Å². The summed E-state index contributed by atoms with van der Waals surface area (Å²) in [5.41, 5.74) is 1.89. The smallest absolute Gasteiger partial charge is 0.236 e. The van der Waals surface area contributed by atoms with Crippen LogP contribution in [0.4, 0.5) is 0 Å². The first kappa shape index (κ1) is 13.7. The number of carbonyl (C=O) groups is 1. The zero-order valence-corrected chi connectivity index (χ0v) is 12.7. The molecular formula is C16H20N2OS. The van der Waals surface area contributed by atoms with Crippen LogP contribution in [0, 0.1) is 5.92 Å². The molecule has 0 unspecified atom stereocenters. The van der Waals surface area contributed by atoms with Gasteiger partial charge in [-0.15, -0.1) is 0 Å². The second-order valence-electron chi connectivity index (χ2n) is 5.39. The van der Waals surface area contributed by atoms with E-state index in [0.29, 0.717) is 0 Å². The number of hydrogen-bond acceptors (Lipinski definition) is 3. The molecule has 0 N–H and O–H groups in total. The summed E-state index contributed by atoms with van der Waals surface area (Å²) in [7, 11) is 0. The number of benzene rings is 1. The van der Waals surface area contributed by atoms with Gasteiger partial charge in [-0.05, 0) is 31.4 Å². The van der Waals surface area contributed by atoms with Gasteiger partial charge in [0, 0.05) is 11.7 Å². The molecule has 0 saturated heterocycles. The number of nitrogens with zero attached hydrogens (tertiary/aromatic N) is 2. The second kappa shape index (κ2) is 6.00. The van der Waals surface area contributed by atoms with Crippen LogP contribution in [-0.2, 0) is 0 Å². The molecule has 106 valence electrons. The number of para-hydroxylation sites is 2. The summed E-state index contributed by atoms with van der Waals surface area (Å²) in [5.74, 6) is 1.43. The molecular weight excluding hydrogens is 268 g/mol. The summed E-state index contributed by atoms with van der Waals surface area (Å²) in [6.07, 6.45) is 5.51. The van der Waals surface area contributed by atoms with Gasteiger partial charge in [0.2, 0.25) is 5.91 Å². The molecule has 3 nitrogen and oxygen atoms in total. The van der Waals surface area contributed by atoms with Gasteiger partial charge in [-0.3, -0.25) is 9.36 Å². The van der Waals surface area contributed by atoms with E-state index in [4.69, 9.17) is 0 Å². The van der Waals surface area contributed by atoms with Gasteiger partial charge in [-0.2, -0.15) is 0 Å². The third-order valence-electron chi connectivity index (χ3n) is 3.89. The topological polar surface area (TPSA) is 34.9 Å². The largest absolute Gasteiger partial charge is 0.274 e. The molecule has 2 aromatic rings. The highest BCUT2D eigenvalue weighted by Crippen LogP contribution is 2.31. The Morgan fingerprint density at radius 2 is 2.10 bits per heavy atom. The molecule has 0 aliphatic heterocycles. The van der Waals surface area contributed by atoms with E-state index in [2.05, 4.69) is 11.9 Å². The van der Waals surface area contributed by atoms with Crippen molar-refractivity contribution in [3.05, 3.63) is 24.3 Å². The van der Waals surface area contributed by atoms with Crippen molar-refractivity contribution in [2.75, 3.05) is 5.75 Å². The normalized spacial score (nSPS) is 16.1. The zero-order chi connectivity index (χ0) is 13.9. The van der Waals surface area contributed by atoms with Gasteiger partial charge in [0.15, 0.2) is 5.16 Å². The molecule has 0 bridgehead atoms. The van der Waals surface area contributed by atoms with E-state index in [1.807, 2.05) is 28.8 Å². The van der Waals surface area contributed by atoms with Crippen molar-refractivity contribution in [1.29, 1.82) is 0 Å². The maximum atomic E-state index is 12.8. The first-order chi connectivity index (χ1) is 9.81. The summed E-state index contributed by atoms with van der Waals surface area (Å²) in [5, 5.41) is 0.866. The van der Waals surface area contributed by atoms with E-state index in [0.717, 1.165) is 41.2 Å². The Morgan fingerprint density at radius 1 is 1.35 bits per heavy atom. The number of thioether (sulfide) groups is 1. The Balaban J connectivity index is 2.03. The second-order valence-corrected chi connectivity index (χ2v) is 6.45. The third-order valence-corrected chi connectivity index (χ3v) is 5.03. The third kappa shape index (κ3) is 2.49. The molecule has 0 radical (unpaired) electrons. The predicted octanol–water partition coefficient (Wildman–Crippen LogP) is 4.37. The minimum Gasteiger partial charge on any atom is -0.274 e. The van der Waals surface area contributed by atoms with E-state index in [1.54, 1.807) is 11.8 Å². The van der Waals surface area contributed by atoms with E-state index in [-0.39, 0.29) is 11.8 Å². The summed E-state index contributed by atoms with van der Waals surface area (Å²) < 4.78 is 1.87. The molecule has 1 fully saturated rings. The molecule has 1 heterocycles. The van der Waals surface area contributed by atoms with Crippen molar-refractivity contribution in [2.45, 2.75) is 44.2 Å². The van der Waals surface area contributed by atoms with E-state index in [1.165, 1.54) is 12.8 Å². The minimum atomic E-state index is 0.189. The highest BCUT2D eigenvalue weighted by Gasteiger charge is 2.27. The van der Waals surface area contributed by atoms with Crippen molar-refractivity contribution < 1.29 is 4.79 Å². The molecule has 0 spiro atoms. The number of aromatic nitrogens is 2. The number of rotatable bonds is 4. The number of hydrogen-bond donors (Lipinski definition) is 0. The van der Waals surface area contributed by atoms with Gasteiger partial charge < -0.3 is 0 Å². The maximum absolute atomic E-state index is 12.8. The van der Waals surface area contributed by atoms with Crippen molar-refractivity contribution in [1.82, 2.24) is 9.55 Å². The summed E-state index contributed by atoms with van der Waals surface area (Å²) in [6, 6.07) is 7.96. The fourth-order valence-electron chi connectivity index (χ4n) is 2.86. The summed E-state index contributed by atoms with van der Waals surface area (Å²) in [6.45, 7) is 2.15. The first-order valence-electron chi connectivity index (χ1n) is 7.45. The molecule has 20 heavy (non-hydrogen) atoms. The van der Waals surface area contributed by atoms with Crippen LogP contribution in [0.3, 0.4) is 0 Å². The minimum absolute atomic E-state index is 0.189. The van der Waals surface area contributed by atoms with E-state index in [9.17, 15) is 4.79 Å². The lowest BCUT2D eigenvalue weighted by molar-refractivity contribution is 0.0831. The molecule has 1 aliphatic rings. The lowest BCUT2D eigenvalue weighted by Gasteiger charge is -2.12. The highest BCUT2D eigenvalue weighted by atomic mass is 32.2. The maximum Gasteiger partial charge on any atom is 0.236 e. The van der Waals surface area contributed by atoms with Crippen LogP contribution in [0.25, 0.3) is 11.0 Å². The van der Waals surface area contributed by atoms with Gasteiger partial charge in [-0.1, -0.05) is 43.7 Å². The van der Waals surface area contributed by atoms with Crippen molar-refractivity contribution in [2.24, 2.45) is 5.92 Å². The van der Waals surface area contributed by atoms with Crippen molar-refractivity contribution in [3.63, 3.8) is 0 Å². The Kier molecular flexibility index (Phi) is 4.10. The van der Waals surface area contributed by atoms with Crippen LogP contribution in [0.1, 0.15) is 43.8 Å². The van der Waals surface area contributed by atoms with Gasteiger partial charge >= 0.3 is 0 Å². The Bertz CT molecular complexity index is 614. The average Bonchev–Trinajstić information content (AvgIpc) is 3.11. The van der Waals surface area contributed by atoms with E-state index < -0.39 is 0 Å². The quantitative estimate of drug-likeness (QED) is 0.784. The van der Waals surface area contributed by atoms with Gasteiger partial charge in [-0.25, -0.2) is 4.98 Å². The van der Waals surface area contributed by atoms with Crippen LogP contribution < -0.4 is 0 Å². The fourth-order valence-corrected chi connectivity index (χ4v) is 3.73. The van der Waals surface area contributed by atoms with Crippen LogP contribution >= 0.6 is 11.8 Å². The Hall–Kier alpha value is -1.29. The molecule has 1 aliphatic carbocycles. The van der Waals surface area contributed by atoms with Crippen LogP contribution in [0.15, 0.2) is 29.4 Å². The van der Waals surface area contributed by atoms with Crippen LogP contribution in [-0.4, -0.2) is 21.2 Å². The monoisotopic (exact) mass is 288 g/mol. The number of imidazole rings is 1. The first-order valence-corrected chi connectivity index (χ1v) is 8.44. The SMILES string of the molecule is CCCSc1nc2ccccc2n1C(=O)C1CCCC1. The summed E-state index contributed by atoms with van der Waals surface area (Å²) in [4.78, 5) is 17.5. The van der Waals surface area contributed by atoms with Gasteiger partial charge in [0.25, 0.3) is 0 Å². The molecule has 1 aromatic carbocycles. The zero-order valence-electron chi connectivity index (χ0n) is 11.8. The van der Waals surface area contributed by atoms with E-state index >= 15 is 0 Å². The molecule has 4 heteroatoms. The average molecular weight is 288 g/mol. The molecule has 0 atom stereocenters. The number of carbonyl (C=O) groups excluding carboxylic acids is 1. The van der Waals surface area contributed by atoms with Crippen LogP contribution in [0.5, 0.6) is 0 Å². The lowest BCUT2D eigenvalue weighted by atomic mass is 10.1. The standard InChI is InChI=1S/C16H20N2OS/c1-2-11-20-16-17-13-9-5-6-10-14(13)18(16)15(19)12-7-3-4-8-12/h5-6,9-10,12H,2-4,7-8,11H2,1H3. The molecule has 1 aromatic heterocycles. The summed E-state index contributed by atoms with van der Waals surface area (Å²) >= 11 is 1.69. The van der Waals surface area contributed by atoms with Gasteiger partial charge in [0.05, 0.1) is 11.0 Å². The highest BCUT2D eigenvalue weighted by molar-refractivity contribution is 7.99. The Morgan fingerprint density at radius 3 is 2.85 bits per heavy atom. The molecule has 3 rings (SSSR count). The van der Waals surface area contributed by atoms with Crippen molar-refractivity contribution in [3.8, 4) is 0 Å². The predicted molar refractivity (Wildman–Crippen MR) is 83.3 cm³/mol. The lowest BCUT2D eigenvalue weighted by Crippen LogP contribution is -2.20.